The van der Waals surface area contributed by atoms with E-state index in [0.717, 1.165) is 37.3 Å². The molecule has 0 unspecified atom stereocenters. The minimum Gasteiger partial charge on any atom is -0.406 e. The molecule has 0 aromatic heterocycles. The van der Waals surface area contributed by atoms with Gasteiger partial charge in [-0.05, 0) is 35.4 Å². The monoisotopic (exact) mass is 476 g/mol. The molecule has 0 aliphatic carbocycles. The first kappa shape index (κ1) is 25.1. The Morgan fingerprint density at radius 1 is 0.893 bits per heavy atom. The fourth-order valence-electron chi connectivity index (χ4n) is 3.09. The summed E-state index contributed by atoms with van der Waals surface area (Å²) in [5, 5.41) is 4.20. The van der Waals surface area contributed by atoms with Crippen LogP contribution in [0.1, 0.15) is 17.2 Å². The van der Waals surface area contributed by atoms with Crippen molar-refractivity contribution in [2.45, 2.75) is 12.4 Å². The van der Waals surface area contributed by atoms with E-state index in [2.05, 4.69) is 15.0 Å². The second-order valence-corrected chi connectivity index (χ2v) is 6.79. The van der Waals surface area contributed by atoms with Crippen LogP contribution in [0.25, 0.3) is 0 Å². The highest BCUT2D eigenvalue weighted by Gasteiger charge is 2.31. The zero-order valence-electron chi connectivity index (χ0n) is 14.5. The number of hydrogen-bond acceptors (Lipinski definition) is 3. The molecule has 1 heterocycles. The van der Waals surface area contributed by atoms with Crippen LogP contribution in [0.4, 0.5) is 13.2 Å². The second kappa shape index (κ2) is 10.8. The van der Waals surface area contributed by atoms with Gasteiger partial charge in [0.1, 0.15) is 5.75 Å². The van der Waals surface area contributed by atoms with Gasteiger partial charge in [-0.2, -0.15) is 0 Å². The van der Waals surface area contributed by atoms with Gasteiger partial charge < -0.3 is 10.1 Å². The van der Waals surface area contributed by atoms with E-state index >= 15 is 0 Å². The third-order valence-electron chi connectivity index (χ3n) is 4.21. The molecule has 1 aliphatic rings. The lowest BCUT2D eigenvalue weighted by atomic mass is 9.96. The number of nitrogens with one attached hydrogen (secondary N) is 1. The molecule has 2 aromatic rings. The summed E-state index contributed by atoms with van der Waals surface area (Å²) in [6.07, 6.45) is -4.71. The van der Waals surface area contributed by atoms with E-state index in [0.29, 0.717) is 10.0 Å². The first-order chi connectivity index (χ1) is 12.3. The molecule has 0 saturated carbocycles. The predicted molar refractivity (Wildman–Crippen MR) is 110 cm³/mol. The first-order valence-corrected chi connectivity index (χ1v) is 8.84. The highest BCUT2D eigenvalue weighted by Crippen LogP contribution is 2.34. The van der Waals surface area contributed by atoms with Crippen molar-refractivity contribution >= 4 is 48.0 Å². The van der Waals surface area contributed by atoms with E-state index < -0.39 is 6.36 Å². The van der Waals surface area contributed by atoms with Crippen molar-refractivity contribution in [3.05, 3.63) is 63.6 Å². The van der Waals surface area contributed by atoms with Crippen LogP contribution in [-0.4, -0.2) is 37.4 Å². The minimum atomic E-state index is -4.71. The van der Waals surface area contributed by atoms with Gasteiger partial charge in [0.05, 0.1) is 16.1 Å². The molecule has 0 spiro atoms. The van der Waals surface area contributed by atoms with Crippen molar-refractivity contribution in [2.24, 2.45) is 0 Å². The Labute approximate surface area is 184 Å². The maximum absolute atomic E-state index is 12.4. The van der Waals surface area contributed by atoms with Crippen LogP contribution in [0.3, 0.4) is 0 Å². The van der Waals surface area contributed by atoms with Crippen LogP contribution in [-0.2, 0) is 0 Å². The molecule has 3 rings (SSSR count). The van der Waals surface area contributed by atoms with Gasteiger partial charge in [0.25, 0.3) is 0 Å². The molecule has 1 fully saturated rings. The van der Waals surface area contributed by atoms with Gasteiger partial charge in [0.2, 0.25) is 0 Å². The Kier molecular flexibility index (Phi) is 9.67. The second-order valence-electron chi connectivity index (χ2n) is 5.98. The van der Waals surface area contributed by atoms with Crippen molar-refractivity contribution in [1.29, 1.82) is 0 Å². The Morgan fingerprint density at radius 3 is 2.00 bits per heavy atom. The summed E-state index contributed by atoms with van der Waals surface area (Å²) >= 11 is 12.2. The summed E-state index contributed by atoms with van der Waals surface area (Å²) in [6.45, 7) is 3.30. The van der Waals surface area contributed by atoms with Gasteiger partial charge in [-0.3, -0.25) is 4.90 Å². The highest BCUT2D eigenvalue weighted by atomic mass is 35.5. The molecule has 1 saturated heterocycles. The Bertz CT molecular complexity index is 753. The molecule has 0 amide bonds. The number of hydrogen-bond donors (Lipinski definition) is 1. The molecule has 1 N–H and O–H groups in total. The summed E-state index contributed by atoms with van der Waals surface area (Å²) in [6, 6.07) is 11.2. The SMILES string of the molecule is Cl.Cl.FC(F)(F)Oc1ccc([C@H](c2ccc(Cl)c(Cl)c2)N2CCNCC2)cc1. The number of benzene rings is 2. The average Bonchev–Trinajstić information content (AvgIpc) is 2.59. The van der Waals surface area contributed by atoms with Crippen molar-refractivity contribution < 1.29 is 17.9 Å². The molecule has 0 radical (unpaired) electrons. The van der Waals surface area contributed by atoms with Gasteiger partial charge in [0, 0.05) is 26.2 Å². The van der Waals surface area contributed by atoms with Crippen LogP contribution in [0.15, 0.2) is 42.5 Å². The number of alkyl halides is 3. The summed E-state index contributed by atoms with van der Waals surface area (Å²) in [7, 11) is 0. The van der Waals surface area contributed by atoms with Crippen LogP contribution in [0, 0.1) is 0 Å². The standard InChI is InChI=1S/C18H17Cl2F3N2O.2ClH/c19-15-6-3-13(11-16(15)20)17(25-9-7-24-8-10-25)12-1-4-14(5-2-12)26-18(21,22)23;;/h1-6,11,17,24H,7-10H2;2*1H/t17-;;/m1../s1. The normalized spacial score (nSPS) is 15.9. The van der Waals surface area contributed by atoms with Gasteiger partial charge in [-0.25, -0.2) is 0 Å². The van der Waals surface area contributed by atoms with Crippen molar-refractivity contribution in [3.63, 3.8) is 0 Å². The molecule has 156 valence electrons. The third kappa shape index (κ3) is 6.58. The zero-order chi connectivity index (χ0) is 18.7. The number of ether oxygens (including phenoxy) is 1. The smallest absolute Gasteiger partial charge is 0.406 e. The van der Waals surface area contributed by atoms with Crippen molar-refractivity contribution in [2.75, 3.05) is 26.2 Å². The van der Waals surface area contributed by atoms with E-state index in [-0.39, 0.29) is 36.6 Å². The topological polar surface area (TPSA) is 24.5 Å². The largest absolute Gasteiger partial charge is 0.573 e. The lowest BCUT2D eigenvalue weighted by molar-refractivity contribution is -0.274. The molecule has 1 atom stereocenters. The van der Waals surface area contributed by atoms with Crippen LogP contribution in [0.5, 0.6) is 5.75 Å². The molecular weight excluding hydrogens is 459 g/mol. The van der Waals surface area contributed by atoms with E-state index in [1.165, 1.54) is 12.1 Å². The van der Waals surface area contributed by atoms with Gasteiger partial charge in [-0.15, -0.1) is 38.0 Å². The Morgan fingerprint density at radius 2 is 1.46 bits per heavy atom. The lowest BCUT2D eigenvalue weighted by Gasteiger charge is -2.35. The number of rotatable bonds is 4. The quantitative estimate of drug-likeness (QED) is 0.608. The van der Waals surface area contributed by atoms with Crippen LogP contribution in [0.2, 0.25) is 10.0 Å². The first-order valence-electron chi connectivity index (χ1n) is 8.09. The lowest BCUT2D eigenvalue weighted by Crippen LogP contribution is -2.45. The molecule has 28 heavy (non-hydrogen) atoms. The van der Waals surface area contributed by atoms with Gasteiger partial charge in [0.15, 0.2) is 0 Å². The number of halogens is 7. The average molecular weight is 478 g/mol. The number of piperazine rings is 1. The third-order valence-corrected chi connectivity index (χ3v) is 4.94. The predicted octanol–water partition coefficient (Wildman–Crippen LogP) is 5.73. The van der Waals surface area contributed by atoms with E-state index in [1.54, 1.807) is 24.3 Å². The molecule has 1 aliphatic heterocycles. The van der Waals surface area contributed by atoms with Crippen LogP contribution >= 0.6 is 48.0 Å². The Hall–Kier alpha value is -0.890. The highest BCUT2D eigenvalue weighted by molar-refractivity contribution is 6.42. The van der Waals surface area contributed by atoms with Gasteiger partial charge >= 0.3 is 6.36 Å². The van der Waals surface area contributed by atoms with Gasteiger partial charge in [-0.1, -0.05) is 41.4 Å². The Balaban J connectivity index is 0.00000196. The summed E-state index contributed by atoms with van der Waals surface area (Å²) in [4.78, 5) is 2.26. The zero-order valence-corrected chi connectivity index (χ0v) is 17.7. The molecule has 10 heteroatoms. The maximum Gasteiger partial charge on any atom is 0.573 e. The van der Waals surface area contributed by atoms with Crippen LogP contribution < -0.4 is 10.1 Å². The minimum absolute atomic E-state index is 0. The summed E-state index contributed by atoms with van der Waals surface area (Å²) in [5.74, 6) is -0.241. The molecular formula is C18H19Cl4F3N2O. The number of nitrogens with zero attached hydrogens (tertiary/aromatic N) is 1. The fourth-order valence-corrected chi connectivity index (χ4v) is 3.40. The summed E-state index contributed by atoms with van der Waals surface area (Å²) < 4.78 is 41.1. The van der Waals surface area contributed by atoms with E-state index in [4.69, 9.17) is 23.2 Å². The maximum atomic E-state index is 12.4. The molecule has 0 bridgehead atoms. The van der Waals surface area contributed by atoms with Crippen molar-refractivity contribution in [1.82, 2.24) is 10.2 Å². The molecule has 2 aromatic carbocycles. The van der Waals surface area contributed by atoms with E-state index in [1.807, 2.05) is 6.07 Å². The summed E-state index contributed by atoms with van der Waals surface area (Å²) in [5.41, 5.74) is 1.80. The van der Waals surface area contributed by atoms with Crippen molar-refractivity contribution in [3.8, 4) is 5.75 Å². The fraction of sp³-hybridized carbons (Fsp3) is 0.333. The molecule has 3 nitrogen and oxygen atoms in total. The van der Waals surface area contributed by atoms with E-state index in [9.17, 15) is 13.2 Å².